The zero-order chi connectivity index (χ0) is 14.7. The summed E-state index contributed by atoms with van der Waals surface area (Å²) < 4.78 is 13.9. The average molecular weight is 282 g/mol. The van der Waals surface area contributed by atoms with Gasteiger partial charge in [-0.15, -0.1) is 0 Å². The summed E-state index contributed by atoms with van der Waals surface area (Å²) in [5.41, 5.74) is -0.251. The highest BCUT2D eigenvalue weighted by molar-refractivity contribution is 5.67. The van der Waals surface area contributed by atoms with Crippen LogP contribution in [-0.4, -0.2) is 34.0 Å². The highest BCUT2D eigenvalue weighted by Gasteiger charge is 2.26. The third-order valence-electron chi connectivity index (χ3n) is 3.48. The van der Waals surface area contributed by atoms with Crippen LogP contribution in [0.5, 0.6) is 0 Å². The molecular weight excluding hydrogens is 267 g/mol. The molecule has 1 N–H and O–H groups in total. The summed E-state index contributed by atoms with van der Waals surface area (Å²) in [5.74, 6) is -1.58. The van der Waals surface area contributed by atoms with Crippen LogP contribution in [0.4, 0.5) is 10.1 Å². The molecule has 1 aromatic carbocycles. The van der Waals surface area contributed by atoms with Crippen molar-refractivity contribution in [3.63, 3.8) is 0 Å². The van der Waals surface area contributed by atoms with Crippen molar-refractivity contribution in [3.8, 4) is 0 Å². The fourth-order valence-electron chi connectivity index (χ4n) is 2.54. The Labute approximate surface area is 115 Å². The Morgan fingerprint density at radius 3 is 2.95 bits per heavy atom. The molecule has 0 amide bonds. The van der Waals surface area contributed by atoms with E-state index in [9.17, 15) is 19.3 Å². The lowest BCUT2D eigenvalue weighted by Crippen LogP contribution is -2.21. The number of nitro groups is 1. The first-order chi connectivity index (χ1) is 9.47. The van der Waals surface area contributed by atoms with Gasteiger partial charge < -0.3 is 5.11 Å². The first-order valence-corrected chi connectivity index (χ1v) is 6.33. The molecule has 1 aromatic rings. The van der Waals surface area contributed by atoms with Crippen molar-refractivity contribution in [2.75, 3.05) is 13.1 Å². The Morgan fingerprint density at radius 2 is 2.30 bits per heavy atom. The summed E-state index contributed by atoms with van der Waals surface area (Å²) in [7, 11) is 0. The number of carboxylic acids is 1. The van der Waals surface area contributed by atoms with Crippen LogP contribution in [-0.2, 0) is 11.3 Å². The van der Waals surface area contributed by atoms with E-state index in [4.69, 9.17) is 5.11 Å². The van der Waals surface area contributed by atoms with Crippen molar-refractivity contribution in [3.05, 3.63) is 39.7 Å². The Bertz CT molecular complexity index is 535. The number of carbonyl (C=O) groups is 1. The molecule has 20 heavy (non-hydrogen) atoms. The zero-order valence-electron chi connectivity index (χ0n) is 10.8. The number of nitrogens with zero attached hydrogens (tertiary/aromatic N) is 2. The molecule has 6 nitrogen and oxygen atoms in total. The summed E-state index contributed by atoms with van der Waals surface area (Å²) in [6.45, 7) is 1.53. The molecule has 0 spiro atoms. The molecule has 2 rings (SSSR count). The van der Waals surface area contributed by atoms with Gasteiger partial charge >= 0.3 is 11.7 Å². The van der Waals surface area contributed by atoms with Crippen LogP contribution < -0.4 is 0 Å². The minimum Gasteiger partial charge on any atom is -0.481 e. The van der Waals surface area contributed by atoms with Crippen molar-refractivity contribution in [2.45, 2.75) is 19.4 Å². The molecule has 1 fully saturated rings. The fraction of sp³-hybridized carbons (Fsp3) is 0.462. The first-order valence-electron chi connectivity index (χ1n) is 6.33. The maximum Gasteiger partial charge on any atom is 0.305 e. The summed E-state index contributed by atoms with van der Waals surface area (Å²) in [6.07, 6.45) is 0.858. The van der Waals surface area contributed by atoms with Crippen molar-refractivity contribution < 1.29 is 19.2 Å². The number of rotatable bonds is 5. The van der Waals surface area contributed by atoms with Gasteiger partial charge in [-0.3, -0.25) is 19.8 Å². The second-order valence-electron chi connectivity index (χ2n) is 5.00. The highest BCUT2D eigenvalue weighted by atomic mass is 19.1. The van der Waals surface area contributed by atoms with Gasteiger partial charge in [0.1, 0.15) is 0 Å². The molecule has 1 unspecified atom stereocenters. The van der Waals surface area contributed by atoms with E-state index in [1.54, 1.807) is 0 Å². The molecule has 1 aliphatic rings. The van der Waals surface area contributed by atoms with Crippen LogP contribution in [0.2, 0.25) is 0 Å². The van der Waals surface area contributed by atoms with Crippen molar-refractivity contribution in [1.82, 2.24) is 4.90 Å². The smallest absolute Gasteiger partial charge is 0.305 e. The molecule has 0 aromatic heterocycles. The third-order valence-corrected chi connectivity index (χ3v) is 3.48. The Kier molecular flexibility index (Phi) is 4.29. The van der Waals surface area contributed by atoms with Gasteiger partial charge in [0.15, 0.2) is 0 Å². The number of hydrogen-bond acceptors (Lipinski definition) is 4. The standard InChI is InChI=1S/C13H15FN2O4/c14-13-10(2-1-3-11(13)16(19)20)8-15-5-4-9(7-15)6-12(17)18/h1-3,9H,4-8H2,(H,17,18). The molecule has 1 saturated heterocycles. The van der Waals surface area contributed by atoms with Crippen LogP contribution in [0, 0.1) is 21.8 Å². The van der Waals surface area contributed by atoms with Crippen LogP contribution in [0.25, 0.3) is 0 Å². The molecule has 1 atom stereocenters. The minimum absolute atomic E-state index is 0.0641. The minimum atomic E-state index is -0.835. The van der Waals surface area contributed by atoms with Gasteiger partial charge in [-0.05, 0) is 18.9 Å². The van der Waals surface area contributed by atoms with Gasteiger partial charge in [0.2, 0.25) is 5.82 Å². The van der Waals surface area contributed by atoms with Gasteiger partial charge in [0.25, 0.3) is 0 Å². The van der Waals surface area contributed by atoms with E-state index < -0.39 is 22.4 Å². The predicted octanol–water partition coefficient (Wildman–Crippen LogP) is 2.03. The molecule has 0 saturated carbocycles. The summed E-state index contributed by atoms with van der Waals surface area (Å²) >= 11 is 0. The van der Waals surface area contributed by atoms with Crippen LogP contribution in [0.1, 0.15) is 18.4 Å². The van der Waals surface area contributed by atoms with Crippen molar-refractivity contribution in [2.24, 2.45) is 5.92 Å². The Balaban J connectivity index is 2.03. The molecule has 108 valence electrons. The van der Waals surface area contributed by atoms with E-state index in [0.29, 0.717) is 13.1 Å². The first kappa shape index (κ1) is 14.4. The van der Waals surface area contributed by atoms with E-state index >= 15 is 0 Å². The maximum absolute atomic E-state index is 13.9. The van der Waals surface area contributed by atoms with E-state index in [1.807, 2.05) is 4.90 Å². The Morgan fingerprint density at radius 1 is 1.55 bits per heavy atom. The normalized spacial score (nSPS) is 19.1. The summed E-state index contributed by atoms with van der Waals surface area (Å²) in [4.78, 5) is 22.5. The number of benzene rings is 1. The number of aliphatic carboxylic acids is 1. The summed E-state index contributed by atoms with van der Waals surface area (Å²) in [6, 6.07) is 4.12. The monoisotopic (exact) mass is 282 g/mol. The van der Waals surface area contributed by atoms with Gasteiger partial charge in [-0.2, -0.15) is 4.39 Å². The lowest BCUT2D eigenvalue weighted by molar-refractivity contribution is -0.387. The molecule has 0 radical (unpaired) electrons. The lowest BCUT2D eigenvalue weighted by atomic mass is 10.1. The van der Waals surface area contributed by atoms with Gasteiger partial charge in [-0.25, -0.2) is 0 Å². The SMILES string of the molecule is O=C(O)CC1CCN(Cc2cccc([N+](=O)[O-])c2F)C1. The van der Waals surface area contributed by atoms with Crippen LogP contribution in [0.3, 0.4) is 0 Å². The molecule has 7 heteroatoms. The Hall–Kier alpha value is -2.02. The van der Waals surface area contributed by atoms with Gasteiger partial charge in [0, 0.05) is 31.1 Å². The molecule has 1 aliphatic heterocycles. The second kappa shape index (κ2) is 5.96. The van der Waals surface area contributed by atoms with E-state index in [-0.39, 0.29) is 24.4 Å². The van der Waals surface area contributed by atoms with Crippen molar-refractivity contribution in [1.29, 1.82) is 0 Å². The predicted molar refractivity (Wildman–Crippen MR) is 68.7 cm³/mol. The largest absolute Gasteiger partial charge is 0.481 e. The molecule has 1 heterocycles. The molecule has 0 bridgehead atoms. The average Bonchev–Trinajstić information content (AvgIpc) is 2.78. The lowest BCUT2D eigenvalue weighted by Gasteiger charge is -2.16. The number of hydrogen-bond donors (Lipinski definition) is 1. The quantitative estimate of drug-likeness (QED) is 0.660. The number of halogens is 1. The third kappa shape index (κ3) is 3.30. The number of carboxylic acid groups (broad SMARTS) is 1. The van der Waals surface area contributed by atoms with Crippen LogP contribution >= 0.6 is 0 Å². The van der Waals surface area contributed by atoms with Crippen molar-refractivity contribution >= 4 is 11.7 Å². The fourth-order valence-corrected chi connectivity index (χ4v) is 2.54. The van der Waals surface area contributed by atoms with Gasteiger partial charge in [0.05, 0.1) is 4.92 Å². The topological polar surface area (TPSA) is 83.7 Å². The number of likely N-dealkylation sites (tertiary alicyclic amines) is 1. The highest BCUT2D eigenvalue weighted by Crippen LogP contribution is 2.25. The second-order valence-corrected chi connectivity index (χ2v) is 5.00. The summed E-state index contributed by atoms with van der Waals surface area (Å²) in [5, 5.41) is 19.4. The van der Waals surface area contributed by atoms with Crippen LogP contribution in [0.15, 0.2) is 18.2 Å². The molecular formula is C13H15FN2O4. The zero-order valence-corrected chi connectivity index (χ0v) is 10.8. The van der Waals surface area contributed by atoms with E-state index in [0.717, 1.165) is 12.5 Å². The van der Waals surface area contributed by atoms with E-state index in [1.165, 1.54) is 12.1 Å². The van der Waals surface area contributed by atoms with Gasteiger partial charge in [-0.1, -0.05) is 12.1 Å². The molecule has 0 aliphatic carbocycles. The number of nitro benzene ring substituents is 1. The van der Waals surface area contributed by atoms with E-state index in [2.05, 4.69) is 0 Å². The maximum atomic E-state index is 13.9.